The van der Waals surface area contributed by atoms with E-state index in [1.807, 2.05) is 0 Å². The number of nitrogens with one attached hydrogen (secondary N) is 2. The van der Waals surface area contributed by atoms with E-state index in [4.69, 9.17) is 4.74 Å². The molecule has 0 saturated carbocycles. The summed E-state index contributed by atoms with van der Waals surface area (Å²) in [6, 6.07) is 13.0. The van der Waals surface area contributed by atoms with Crippen LogP contribution in [0.2, 0.25) is 0 Å². The average molecular weight is 328 g/mol. The van der Waals surface area contributed by atoms with Crippen LogP contribution in [0.3, 0.4) is 0 Å². The minimum atomic E-state index is -1.63. The van der Waals surface area contributed by atoms with Crippen molar-refractivity contribution in [3.05, 3.63) is 59.9 Å². The summed E-state index contributed by atoms with van der Waals surface area (Å²) in [5.41, 5.74) is -0.197. The summed E-state index contributed by atoms with van der Waals surface area (Å²) in [4.78, 5) is 24.7. The molecule has 2 aromatic carbocycles. The Bertz CT molecular complexity index is 776. The highest BCUT2D eigenvalue weighted by molar-refractivity contribution is 6.15. The van der Waals surface area contributed by atoms with Gasteiger partial charge in [-0.25, -0.2) is 4.39 Å². The molecule has 1 atom stereocenters. The van der Waals surface area contributed by atoms with Crippen LogP contribution in [0.4, 0.5) is 10.1 Å². The second kappa shape index (κ2) is 6.31. The van der Waals surface area contributed by atoms with E-state index in [9.17, 15) is 14.0 Å². The lowest BCUT2D eigenvalue weighted by Gasteiger charge is -2.33. The molecule has 0 aromatic heterocycles. The predicted octanol–water partition coefficient (Wildman–Crippen LogP) is 2.27. The molecule has 0 fully saturated rings. The van der Waals surface area contributed by atoms with E-state index in [2.05, 4.69) is 10.6 Å². The number of fused-ring (bicyclic) bond motifs is 1. The van der Waals surface area contributed by atoms with Gasteiger partial charge in [-0.3, -0.25) is 9.59 Å². The van der Waals surface area contributed by atoms with Gasteiger partial charge in [-0.15, -0.1) is 0 Å². The highest BCUT2D eigenvalue weighted by atomic mass is 19.1. The molecule has 2 N–H and O–H groups in total. The number of rotatable bonds is 4. The molecule has 0 aliphatic carbocycles. The summed E-state index contributed by atoms with van der Waals surface area (Å²) in [6.45, 7) is 1.75. The Hall–Kier alpha value is -2.89. The third-order valence-corrected chi connectivity index (χ3v) is 3.93. The zero-order valence-corrected chi connectivity index (χ0v) is 13.1. The molecule has 0 radical (unpaired) electrons. The third kappa shape index (κ3) is 3.08. The zero-order valence-electron chi connectivity index (χ0n) is 13.1. The maximum absolute atomic E-state index is 12.9. The van der Waals surface area contributed by atoms with E-state index >= 15 is 0 Å². The molecule has 0 bridgehead atoms. The Kier molecular flexibility index (Phi) is 4.20. The van der Waals surface area contributed by atoms with Gasteiger partial charge >= 0.3 is 0 Å². The van der Waals surface area contributed by atoms with Gasteiger partial charge in [0.25, 0.3) is 17.4 Å². The summed E-state index contributed by atoms with van der Waals surface area (Å²) < 4.78 is 18.5. The molecule has 1 aliphatic rings. The van der Waals surface area contributed by atoms with E-state index < -0.39 is 17.4 Å². The molecule has 1 heterocycles. The third-order valence-electron chi connectivity index (χ3n) is 3.93. The number of hydrogen-bond acceptors (Lipinski definition) is 3. The largest absolute Gasteiger partial charge is 0.466 e. The van der Waals surface area contributed by atoms with Crippen LogP contribution in [-0.2, 0) is 16.0 Å². The van der Waals surface area contributed by atoms with Gasteiger partial charge in [0.05, 0.1) is 5.69 Å². The second-order valence-electron chi connectivity index (χ2n) is 5.72. The number of ether oxygens (including phenoxy) is 1. The summed E-state index contributed by atoms with van der Waals surface area (Å²) in [7, 11) is 0. The van der Waals surface area contributed by atoms with Crippen molar-refractivity contribution < 1.29 is 18.7 Å². The van der Waals surface area contributed by atoms with Crippen LogP contribution < -0.4 is 15.4 Å². The van der Waals surface area contributed by atoms with Gasteiger partial charge < -0.3 is 15.4 Å². The van der Waals surface area contributed by atoms with E-state index in [1.165, 1.54) is 19.1 Å². The van der Waals surface area contributed by atoms with Crippen molar-refractivity contribution in [1.29, 1.82) is 0 Å². The number of para-hydroxylation sites is 2. The summed E-state index contributed by atoms with van der Waals surface area (Å²) in [5, 5.41) is 5.38. The topological polar surface area (TPSA) is 67.4 Å². The quantitative estimate of drug-likeness (QED) is 0.846. The minimum absolute atomic E-state index is 0.304. The van der Waals surface area contributed by atoms with Gasteiger partial charge in [0.15, 0.2) is 0 Å². The van der Waals surface area contributed by atoms with E-state index in [0.717, 1.165) is 5.56 Å². The van der Waals surface area contributed by atoms with Gasteiger partial charge in [-0.1, -0.05) is 24.3 Å². The lowest BCUT2D eigenvalue weighted by Crippen LogP contribution is -2.58. The summed E-state index contributed by atoms with van der Waals surface area (Å²) >= 11 is 0. The molecule has 2 amide bonds. The van der Waals surface area contributed by atoms with Gasteiger partial charge in [0.2, 0.25) is 0 Å². The molecular formula is C18H17FN2O3. The lowest BCUT2D eigenvalue weighted by atomic mass is 10.0. The molecule has 0 spiro atoms. The molecule has 6 heteroatoms. The van der Waals surface area contributed by atoms with Crippen molar-refractivity contribution in [3.63, 3.8) is 0 Å². The molecular weight excluding hydrogens is 311 g/mol. The maximum atomic E-state index is 12.9. The predicted molar refractivity (Wildman–Crippen MR) is 87.2 cm³/mol. The highest BCUT2D eigenvalue weighted by Gasteiger charge is 2.46. The molecule has 124 valence electrons. The van der Waals surface area contributed by atoms with Gasteiger partial charge in [-0.05, 0) is 43.2 Å². The summed E-state index contributed by atoms with van der Waals surface area (Å²) in [5.74, 6) is -0.883. The van der Waals surface area contributed by atoms with E-state index in [1.54, 1.807) is 36.4 Å². The number of benzene rings is 2. The van der Waals surface area contributed by atoms with Crippen molar-refractivity contribution in [2.24, 2.45) is 0 Å². The van der Waals surface area contributed by atoms with Crippen LogP contribution in [0.15, 0.2) is 48.5 Å². The fraction of sp³-hybridized carbons (Fsp3) is 0.222. The van der Waals surface area contributed by atoms with Gasteiger partial charge in [0, 0.05) is 6.54 Å². The number of halogens is 1. The fourth-order valence-electron chi connectivity index (χ4n) is 2.46. The Morgan fingerprint density at radius 3 is 2.67 bits per heavy atom. The smallest absolute Gasteiger partial charge is 0.278 e. The molecule has 2 aromatic rings. The molecule has 1 unspecified atom stereocenters. The molecule has 1 aliphatic heterocycles. The number of carbonyl (C=O) groups excluding carboxylic acids is 2. The van der Waals surface area contributed by atoms with Crippen LogP contribution in [0.1, 0.15) is 12.5 Å². The normalized spacial score (nSPS) is 19.0. The molecule has 3 rings (SSSR count). The van der Waals surface area contributed by atoms with Crippen LogP contribution in [0.5, 0.6) is 5.75 Å². The number of hydrogen-bond donors (Lipinski definition) is 2. The van der Waals surface area contributed by atoms with Crippen molar-refractivity contribution in [2.45, 2.75) is 18.9 Å². The van der Waals surface area contributed by atoms with Crippen molar-refractivity contribution in [3.8, 4) is 5.75 Å². The number of amides is 2. The Morgan fingerprint density at radius 2 is 1.92 bits per heavy atom. The van der Waals surface area contributed by atoms with Crippen LogP contribution >= 0.6 is 0 Å². The maximum Gasteiger partial charge on any atom is 0.278 e. The van der Waals surface area contributed by atoms with Crippen molar-refractivity contribution in [2.75, 3.05) is 11.9 Å². The zero-order chi connectivity index (χ0) is 17.2. The minimum Gasteiger partial charge on any atom is -0.466 e. The molecule has 5 nitrogen and oxygen atoms in total. The first-order valence-electron chi connectivity index (χ1n) is 7.61. The van der Waals surface area contributed by atoms with Crippen LogP contribution in [0, 0.1) is 5.82 Å². The van der Waals surface area contributed by atoms with Gasteiger partial charge in [-0.2, -0.15) is 0 Å². The van der Waals surface area contributed by atoms with Crippen LogP contribution in [-0.4, -0.2) is 24.0 Å². The Balaban J connectivity index is 1.63. The monoisotopic (exact) mass is 328 g/mol. The number of carbonyl (C=O) groups is 2. The van der Waals surface area contributed by atoms with E-state index in [0.29, 0.717) is 24.4 Å². The molecule has 0 saturated heterocycles. The lowest BCUT2D eigenvalue weighted by molar-refractivity contribution is -0.146. The number of anilines is 1. The highest BCUT2D eigenvalue weighted by Crippen LogP contribution is 2.33. The fourth-order valence-corrected chi connectivity index (χ4v) is 2.46. The summed E-state index contributed by atoms with van der Waals surface area (Å²) in [6.07, 6.45) is 0.528. The van der Waals surface area contributed by atoms with Crippen molar-refractivity contribution in [1.82, 2.24) is 5.32 Å². The first-order valence-corrected chi connectivity index (χ1v) is 7.61. The average Bonchev–Trinajstić information content (AvgIpc) is 2.57. The first kappa shape index (κ1) is 16.0. The van der Waals surface area contributed by atoms with E-state index in [-0.39, 0.29) is 5.82 Å². The Labute approximate surface area is 138 Å². The first-order chi connectivity index (χ1) is 11.5. The molecule has 24 heavy (non-hydrogen) atoms. The SMILES string of the molecule is CC1(C(=O)NCCc2ccc(F)cc2)Oc2ccccc2NC1=O. The van der Waals surface area contributed by atoms with Crippen molar-refractivity contribution >= 4 is 17.5 Å². The standard InChI is InChI=1S/C18H17FN2O3/c1-18(17(23)21-14-4-2-3-5-15(14)24-18)16(22)20-11-10-12-6-8-13(19)9-7-12/h2-9H,10-11H2,1H3,(H,20,22)(H,21,23). The van der Waals surface area contributed by atoms with Gasteiger partial charge in [0.1, 0.15) is 11.6 Å². The Morgan fingerprint density at radius 1 is 1.21 bits per heavy atom. The van der Waals surface area contributed by atoms with Crippen LogP contribution in [0.25, 0.3) is 0 Å². The second-order valence-corrected chi connectivity index (χ2v) is 5.72.